The van der Waals surface area contributed by atoms with Crippen molar-refractivity contribution in [2.45, 2.75) is 6.92 Å². The predicted octanol–water partition coefficient (Wildman–Crippen LogP) is 3.16. The van der Waals surface area contributed by atoms with Gasteiger partial charge >= 0.3 is 0 Å². The van der Waals surface area contributed by atoms with Gasteiger partial charge in [0.15, 0.2) is 11.4 Å². The van der Waals surface area contributed by atoms with Crippen LogP contribution in [0.3, 0.4) is 0 Å². The van der Waals surface area contributed by atoms with E-state index in [-0.39, 0.29) is 11.0 Å². The third kappa shape index (κ3) is 1.09. The fourth-order valence-electron chi connectivity index (χ4n) is 1.22. The van der Waals surface area contributed by atoms with Gasteiger partial charge in [0.25, 0.3) is 0 Å². The maximum atomic E-state index is 13.0. The summed E-state index contributed by atoms with van der Waals surface area (Å²) in [5.41, 5.74) is -0.366. The maximum Gasteiger partial charge on any atom is 0.202 e. The number of fused-ring (bicyclic) bond motifs is 1. The van der Waals surface area contributed by atoms with Gasteiger partial charge in [-0.25, -0.2) is 8.78 Å². The van der Waals surface area contributed by atoms with E-state index in [1.54, 1.807) is 0 Å². The summed E-state index contributed by atoms with van der Waals surface area (Å²) in [5, 5.41) is -0.0311. The number of hydrogen-bond acceptors (Lipinski definition) is 1. The average Bonchev–Trinajstić information content (AvgIpc) is 2.44. The van der Waals surface area contributed by atoms with Crippen molar-refractivity contribution in [2.24, 2.45) is 0 Å². The molecule has 0 saturated heterocycles. The van der Waals surface area contributed by atoms with Crippen molar-refractivity contribution in [3.8, 4) is 0 Å². The lowest BCUT2D eigenvalue weighted by molar-refractivity contribution is 0.477. The summed E-state index contributed by atoms with van der Waals surface area (Å²) in [5.74, 6) is -2.85. The molecule has 1 nitrogen and oxygen atoms in total. The first kappa shape index (κ1) is 8.16. The van der Waals surface area contributed by atoms with E-state index in [1.165, 1.54) is 13.0 Å². The largest absolute Gasteiger partial charge is 0.458 e. The molecule has 0 aliphatic carbocycles. The Kier molecular flexibility index (Phi) is 1.58. The summed E-state index contributed by atoms with van der Waals surface area (Å²) in [6, 6.07) is 1.83. The van der Waals surface area contributed by atoms with Crippen molar-refractivity contribution in [3.63, 3.8) is 0 Å². The lowest BCUT2D eigenvalue weighted by Gasteiger charge is -1.94. The molecule has 68 valence electrons. The van der Waals surface area contributed by atoms with E-state index in [0.29, 0.717) is 11.8 Å². The highest BCUT2D eigenvalue weighted by atomic mass is 19.2. The topological polar surface area (TPSA) is 13.1 Å². The van der Waals surface area contributed by atoms with Crippen molar-refractivity contribution in [1.29, 1.82) is 0 Å². The van der Waals surface area contributed by atoms with E-state index in [9.17, 15) is 13.2 Å². The van der Waals surface area contributed by atoms with E-state index < -0.39 is 17.5 Å². The zero-order chi connectivity index (χ0) is 9.59. The van der Waals surface area contributed by atoms with E-state index in [2.05, 4.69) is 0 Å². The Labute approximate surface area is 71.8 Å². The van der Waals surface area contributed by atoms with E-state index >= 15 is 0 Å². The van der Waals surface area contributed by atoms with Gasteiger partial charge in [0.05, 0.1) is 5.39 Å². The molecule has 0 amide bonds. The van der Waals surface area contributed by atoms with Crippen LogP contribution in [-0.2, 0) is 0 Å². The minimum absolute atomic E-state index is 0.0311. The van der Waals surface area contributed by atoms with Gasteiger partial charge < -0.3 is 4.42 Å². The van der Waals surface area contributed by atoms with Crippen molar-refractivity contribution < 1.29 is 17.6 Å². The van der Waals surface area contributed by atoms with Crippen LogP contribution in [0.2, 0.25) is 0 Å². The summed E-state index contributed by atoms with van der Waals surface area (Å²) >= 11 is 0. The Morgan fingerprint density at radius 2 is 1.77 bits per heavy atom. The normalized spacial score (nSPS) is 11.1. The Hall–Kier alpha value is -1.45. The molecule has 2 aromatic rings. The van der Waals surface area contributed by atoms with Gasteiger partial charge in [-0.15, -0.1) is 0 Å². The fourth-order valence-corrected chi connectivity index (χ4v) is 1.22. The van der Waals surface area contributed by atoms with Gasteiger partial charge in [-0.05, 0) is 13.0 Å². The number of hydrogen-bond donors (Lipinski definition) is 0. The van der Waals surface area contributed by atoms with Gasteiger partial charge in [0, 0.05) is 6.07 Å². The van der Waals surface area contributed by atoms with Crippen LogP contribution in [-0.4, -0.2) is 0 Å². The Balaban J connectivity index is 2.95. The molecule has 0 fully saturated rings. The first-order valence-corrected chi connectivity index (χ1v) is 3.63. The van der Waals surface area contributed by atoms with Crippen LogP contribution in [0, 0.1) is 24.4 Å². The Bertz CT molecular complexity index is 473. The van der Waals surface area contributed by atoms with Crippen molar-refractivity contribution in [1.82, 2.24) is 0 Å². The monoisotopic (exact) mass is 186 g/mol. The zero-order valence-electron chi connectivity index (χ0n) is 6.70. The highest BCUT2D eigenvalue weighted by molar-refractivity contribution is 5.79. The van der Waals surface area contributed by atoms with E-state index in [0.717, 1.165) is 0 Å². The highest BCUT2D eigenvalue weighted by Gasteiger charge is 2.15. The average molecular weight is 186 g/mol. The molecule has 1 aromatic heterocycles. The second kappa shape index (κ2) is 2.52. The molecule has 1 aromatic carbocycles. The smallest absolute Gasteiger partial charge is 0.202 e. The van der Waals surface area contributed by atoms with Crippen molar-refractivity contribution in [3.05, 3.63) is 35.3 Å². The molecule has 0 bridgehead atoms. The Morgan fingerprint density at radius 3 is 2.46 bits per heavy atom. The summed E-state index contributed by atoms with van der Waals surface area (Å²) in [4.78, 5) is 0. The molecule has 0 N–H and O–H groups in total. The third-order valence-electron chi connectivity index (χ3n) is 1.78. The highest BCUT2D eigenvalue weighted by Crippen LogP contribution is 2.26. The van der Waals surface area contributed by atoms with E-state index in [4.69, 9.17) is 4.42 Å². The molecular weight excluding hydrogens is 181 g/mol. The molecule has 0 spiro atoms. The first-order valence-electron chi connectivity index (χ1n) is 3.63. The summed E-state index contributed by atoms with van der Waals surface area (Å²) in [6.07, 6.45) is 0. The zero-order valence-corrected chi connectivity index (χ0v) is 6.70. The number of halogens is 3. The molecule has 0 saturated carbocycles. The molecule has 0 unspecified atom stereocenters. The van der Waals surface area contributed by atoms with Gasteiger partial charge in [0.2, 0.25) is 5.82 Å². The molecule has 4 heteroatoms. The molecule has 0 radical (unpaired) electrons. The van der Waals surface area contributed by atoms with Crippen molar-refractivity contribution in [2.75, 3.05) is 0 Å². The SMILES string of the molecule is Cc1cc2c(F)cc(F)c(F)c2o1. The summed E-state index contributed by atoms with van der Waals surface area (Å²) in [6.45, 7) is 1.54. The standard InChI is InChI=1S/C9H5F3O/c1-4-2-5-6(10)3-7(11)8(12)9(5)13-4/h2-3H,1H3. The van der Waals surface area contributed by atoms with Crippen molar-refractivity contribution >= 4 is 11.0 Å². The first-order chi connectivity index (χ1) is 6.09. The van der Waals surface area contributed by atoms with Gasteiger partial charge in [-0.2, -0.15) is 4.39 Å². The fraction of sp³-hybridized carbons (Fsp3) is 0.111. The van der Waals surface area contributed by atoms with Crippen LogP contribution < -0.4 is 0 Å². The number of furan rings is 1. The lowest BCUT2D eigenvalue weighted by atomic mass is 10.2. The quantitative estimate of drug-likeness (QED) is 0.576. The van der Waals surface area contributed by atoms with Crippen LogP contribution in [0.1, 0.15) is 5.76 Å². The Morgan fingerprint density at radius 1 is 1.08 bits per heavy atom. The number of benzene rings is 1. The van der Waals surface area contributed by atoms with Gasteiger partial charge in [-0.3, -0.25) is 0 Å². The van der Waals surface area contributed by atoms with E-state index in [1.807, 2.05) is 0 Å². The molecule has 2 rings (SSSR count). The molecule has 13 heavy (non-hydrogen) atoms. The van der Waals surface area contributed by atoms with Crippen LogP contribution in [0.15, 0.2) is 16.5 Å². The third-order valence-corrected chi connectivity index (χ3v) is 1.78. The van der Waals surface area contributed by atoms with Crippen LogP contribution in [0.4, 0.5) is 13.2 Å². The molecule has 0 atom stereocenters. The molecule has 1 heterocycles. The minimum Gasteiger partial charge on any atom is -0.458 e. The molecule has 0 aliphatic heterocycles. The summed E-state index contributed by atoms with van der Waals surface area (Å²) < 4.78 is 43.4. The minimum atomic E-state index is -1.24. The summed E-state index contributed by atoms with van der Waals surface area (Å²) in [7, 11) is 0. The van der Waals surface area contributed by atoms with Crippen LogP contribution >= 0.6 is 0 Å². The van der Waals surface area contributed by atoms with Gasteiger partial charge in [0.1, 0.15) is 11.6 Å². The van der Waals surface area contributed by atoms with Gasteiger partial charge in [-0.1, -0.05) is 0 Å². The molecule has 0 aliphatic rings. The van der Waals surface area contributed by atoms with Crippen LogP contribution in [0.5, 0.6) is 0 Å². The lowest BCUT2D eigenvalue weighted by Crippen LogP contribution is -1.86. The number of aryl methyl sites for hydroxylation is 1. The number of rotatable bonds is 0. The maximum absolute atomic E-state index is 13.0. The predicted molar refractivity (Wildman–Crippen MR) is 40.8 cm³/mol. The van der Waals surface area contributed by atoms with Crippen LogP contribution in [0.25, 0.3) is 11.0 Å². The molecular formula is C9H5F3O. The second-order valence-corrected chi connectivity index (χ2v) is 2.75. The second-order valence-electron chi connectivity index (χ2n) is 2.75.